The lowest BCUT2D eigenvalue weighted by molar-refractivity contribution is -0.137. The van der Waals surface area contributed by atoms with Gasteiger partial charge in [0, 0.05) is 11.4 Å². The van der Waals surface area contributed by atoms with Gasteiger partial charge < -0.3 is 11.1 Å². The number of rotatable bonds is 2. The largest absolute Gasteiger partial charge is 0.416 e. The molecule has 0 atom stereocenters. The molecule has 0 unspecified atom stereocenters. The Morgan fingerprint density at radius 2 is 1.86 bits per heavy atom. The highest BCUT2D eigenvalue weighted by molar-refractivity contribution is 6.33. The minimum atomic E-state index is -4.45. The van der Waals surface area contributed by atoms with E-state index in [0.29, 0.717) is 17.1 Å². The van der Waals surface area contributed by atoms with Gasteiger partial charge in [-0.25, -0.2) is 0 Å². The van der Waals surface area contributed by atoms with Gasteiger partial charge in [0.05, 0.1) is 21.8 Å². The topological polar surface area (TPSA) is 61.8 Å². The van der Waals surface area contributed by atoms with Gasteiger partial charge in [-0.3, -0.25) is 0 Å². The van der Waals surface area contributed by atoms with E-state index in [1.807, 2.05) is 6.07 Å². The maximum Gasteiger partial charge on any atom is 0.416 e. The minimum Gasteiger partial charge on any atom is -0.398 e. The van der Waals surface area contributed by atoms with E-state index in [9.17, 15) is 13.2 Å². The third kappa shape index (κ3) is 3.38. The van der Waals surface area contributed by atoms with Gasteiger partial charge >= 0.3 is 6.18 Å². The molecule has 2 aromatic carbocycles. The van der Waals surface area contributed by atoms with Crippen LogP contribution in [0.15, 0.2) is 36.4 Å². The molecular weight excluding hydrogens is 303 g/mol. The number of halogens is 4. The lowest BCUT2D eigenvalue weighted by atomic mass is 10.1. The first-order valence-electron chi connectivity index (χ1n) is 5.74. The van der Waals surface area contributed by atoms with Crippen LogP contribution in [-0.4, -0.2) is 0 Å². The molecule has 3 N–H and O–H groups in total. The monoisotopic (exact) mass is 311 g/mol. The summed E-state index contributed by atoms with van der Waals surface area (Å²) >= 11 is 5.84. The number of benzene rings is 2. The predicted octanol–water partition coefficient (Wildman–Crippen LogP) is 4.56. The van der Waals surface area contributed by atoms with Crippen molar-refractivity contribution in [2.24, 2.45) is 0 Å². The Morgan fingerprint density at radius 1 is 1.14 bits per heavy atom. The molecule has 0 aliphatic rings. The molecule has 2 rings (SSSR count). The fourth-order valence-electron chi connectivity index (χ4n) is 1.68. The van der Waals surface area contributed by atoms with Crippen LogP contribution in [0.3, 0.4) is 0 Å². The molecule has 0 aromatic heterocycles. The van der Waals surface area contributed by atoms with Crippen LogP contribution in [-0.2, 0) is 6.18 Å². The van der Waals surface area contributed by atoms with Crippen LogP contribution in [0.4, 0.5) is 30.2 Å². The summed E-state index contributed by atoms with van der Waals surface area (Å²) in [6.07, 6.45) is -4.45. The summed E-state index contributed by atoms with van der Waals surface area (Å²) in [4.78, 5) is 0. The molecule has 0 aliphatic carbocycles. The average molecular weight is 312 g/mol. The smallest absolute Gasteiger partial charge is 0.398 e. The van der Waals surface area contributed by atoms with E-state index in [2.05, 4.69) is 5.32 Å². The van der Waals surface area contributed by atoms with E-state index in [-0.39, 0.29) is 10.6 Å². The first kappa shape index (κ1) is 15.0. The van der Waals surface area contributed by atoms with Gasteiger partial charge in [0.15, 0.2) is 0 Å². The van der Waals surface area contributed by atoms with Gasteiger partial charge in [-0.05, 0) is 36.4 Å². The second-order valence-electron chi connectivity index (χ2n) is 4.23. The van der Waals surface area contributed by atoms with Gasteiger partial charge in [0.2, 0.25) is 0 Å². The highest BCUT2D eigenvalue weighted by atomic mass is 35.5. The van der Waals surface area contributed by atoms with Crippen molar-refractivity contribution >= 4 is 28.7 Å². The van der Waals surface area contributed by atoms with Crippen LogP contribution >= 0.6 is 11.6 Å². The summed E-state index contributed by atoms with van der Waals surface area (Å²) in [5, 5.41) is 11.7. The van der Waals surface area contributed by atoms with Crippen LogP contribution in [0, 0.1) is 11.3 Å². The molecule has 0 amide bonds. The fraction of sp³-hybridized carbons (Fsp3) is 0.0714. The van der Waals surface area contributed by atoms with Gasteiger partial charge in [-0.15, -0.1) is 0 Å². The van der Waals surface area contributed by atoms with Crippen molar-refractivity contribution < 1.29 is 13.2 Å². The SMILES string of the molecule is N#Cc1cc(Nc2ccc(C(F)(F)F)cc2Cl)ccc1N. The second kappa shape index (κ2) is 5.54. The van der Waals surface area contributed by atoms with Crippen LogP contribution in [0.5, 0.6) is 0 Å². The Labute approximate surface area is 123 Å². The Hall–Kier alpha value is -2.39. The number of alkyl halides is 3. The van der Waals surface area contributed by atoms with Gasteiger partial charge in [0.1, 0.15) is 6.07 Å². The van der Waals surface area contributed by atoms with Gasteiger partial charge in [-0.2, -0.15) is 18.4 Å². The van der Waals surface area contributed by atoms with Crippen LogP contribution in [0.2, 0.25) is 5.02 Å². The molecule has 0 spiro atoms. The Kier molecular flexibility index (Phi) is 3.96. The number of anilines is 3. The number of nitrogens with one attached hydrogen (secondary N) is 1. The summed E-state index contributed by atoms with van der Waals surface area (Å²) in [6, 6.07) is 9.53. The van der Waals surface area contributed by atoms with Crippen molar-refractivity contribution in [3.05, 3.63) is 52.5 Å². The van der Waals surface area contributed by atoms with E-state index < -0.39 is 11.7 Å². The molecule has 0 aliphatic heterocycles. The van der Waals surface area contributed by atoms with Crippen molar-refractivity contribution in [1.29, 1.82) is 5.26 Å². The molecule has 0 bridgehead atoms. The van der Waals surface area contributed by atoms with Gasteiger partial charge in [-0.1, -0.05) is 11.6 Å². The van der Waals surface area contributed by atoms with E-state index in [4.69, 9.17) is 22.6 Å². The first-order chi connectivity index (χ1) is 9.81. The average Bonchev–Trinajstić information content (AvgIpc) is 2.42. The molecule has 108 valence electrons. The zero-order chi connectivity index (χ0) is 15.6. The molecule has 0 saturated heterocycles. The summed E-state index contributed by atoms with van der Waals surface area (Å²) in [5.74, 6) is 0. The molecule has 0 radical (unpaired) electrons. The van der Waals surface area contributed by atoms with E-state index >= 15 is 0 Å². The van der Waals surface area contributed by atoms with Crippen molar-refractivity contribution in [3.8, 4) is 6.07 Å². The number of nitrogens with zero attached hydrogens (tertiary/aromatic N) is 1. The third-order valence-corrected chi connectivity index (χ3v) is 3.06. The molecule has 7 heteroatoms. The molecule has 21 heavy (non-hydrogen) atoms. The van der Waals surface area contributed by atoms with Crippen molar-refractivity contribution in [1.82, 2.24) is 0 Å². The number of hydrogen-bond donors (Lipinski definition) is 2. The highest BCUT2D eigenvalue weighted by Crippen LogP contribution is 2.34. The third-order valence-electron chi connectivity index (χ3n) is 2.75. The predicted molar refractivity (Wildman–Crippen MR) is 75.3 cm³/mol. The zero-order valence-corrected chi connectivity index (χ0v) is 11.3. The van der Waals surface area contributed by atoms with E-state index in [0.717, 1.165) is 12.1 Å². The first-order valence-corrected chi connectivity index (χ1v) is 6.12. The summed E-state index contributed by atoms with van der Waals surface area (Å²) < 4.78 is 37.6. The Bertz CT molecular complexity index is 720. The number of nitrogens with two attached hydrogens (primary N) is 1. The lowest BCUT2D eigenvalue weighted by Crippen LogP contribution is -2.05. The standard InChI is InChI=1S/C14H9ClF3N3/c15-11-6-9(14(16,17)18)1-4-13(11)21-10-2-3-12(20)8(5-10)7-19/h1-6,21H,20H2. The molecule has 2 aromatic rings. The maximum atomic E-state index is 12.5. The van der Waals surface area contributed by atoms with E-state index in [1.165, 1.54) is 18.2 Å². The molecule has 0 fully saturated rings. The minimum absolute atomic E-state index is 0.0693. The van der Waals surface area contributed by atoms with Crippen molar-refractivity contribution in [3.63, 3.8) is 0 Å². The van der Waals surface area contributed by atoms with Crippen molar-refractivity contribution in [2.75, 3.05) is 11.1 Å². The fourth-order valence-corrected chi connectivity index (χ4v) is 1.91. The van der Waals surface area contributed by atoms with E-state index in [1.54, 1.807) is 6.07 Å². The highest BCUT2D eigenvalue weighted by Gasteiger charge is 2.30. The van der Waals surface area contributed by atoms with Crippen LogP contribution in [0.25, 0.3) is 0 Å². The molecular formula is C14H9ClF3N3. The maximum absolute atomic E-state index is 12.5. The van der Waals surface area contributed by atoms with Crippen molar-refractivity contribution in [2.45, 2.75) is 6.18 Å². The number of nitrogen functional groups attached to an aromatic ring is 1. The molecule has 0 saturated carbocycles. The Morgan fingerprint density at radius 3 is 2.43 bits per heavy atom. The normalized spacial score (nSPS) is 11.0. The number of nitriles is 1. The zero-order valence-electron chi connectivity index (χ0n) is 10.5. The van der Waals surface area contributed by atoms with Crippen LogP contribution < -0.4 is 11.1 Å². The quantitative estimate of drug-likeness (QED) is 0.799. The Balaban J connectivity index is 2.31. The molecule has 3 nitrogen and oxygen atoms in total. The molecule has 0 heterocycles. The summed E-state index contributed by atoms with van der Waals surface area (Å²) in [7, 11) is 0. The second-order valence-corrected chi connectivity index (χ2v) is 4.64. The lowest BCUT2D eigenvalue weighted by Gasteiger charge is -2.12. The van der Waals surface area contributed by atoms with Gasteiger partial charge in [0.25, 0.3) is 0 Å². The number of hydrogen-bond acceptors (Lipinski definition) is 3. The summed E-state index contributed by atoms with van der Waals surface area (Å²) in [6.45, 7) is 0. The summed E-state index contributed by atoms with van der Waals surface area (Å²) in [5.41, 5.74) is 6.16. The van der Waals surface area contributed by atoms with Crippen LogP contribution in [0.1, 0.15) is 11.1 Å².